The number of hydrogen-bond acceptors (Lipinski definition) is 5. The molecule has 0 bridgehead atoms. The van der Waals surface area contributed by atoms with E-state index in [4.69, 9.17) is 0 Å². The van der Waals surface area contributed by atoms with Crippen LogP contribution in [-0.4, -0.2) is 38.4 Å². The molecule has 7 nitrogen and oxygen atoms in total. The minimum atomic E-state index is -1.20. The first kappa shape index (κ1) is 17.0. The number of carbonyl (C=O) groups excluding carboxylic acids is 1. The Morgan fingerprint density at radius 2 is 2.22 bits per heavy atom. The summed E-state index contributed by atoms with van der Waals surface area (Å²) in [5.74, 6) is 0.242. The van der Waals surface area contributed by atoms with Gasteiger partial charge < -0.3 is 15.7 Å². The molecule has 2 aromatic heterocycles. The SMILES string of the molecule is CC(C)Nc1ncccc1C(=O)NCC(C)(O)c1cnn(C)c1. The van der Waals surface area contributed by atoms with E-state index in [1.54, 1.807) is 49.4 Å². The lowest BCUT2D eigenvalue weighted by Gasteiger charge is -2.22. The zero-order valence-corrected chi connectivity index (χ0v) is 13.9. The molecule has 0 saturated carbocycles. The topological polar surface area (TPSA) is 92.1 Å². The molecule has 1 amide bonds. The van der Waals surface area contributed by atoms with Gasteiger partial charge in [0.15, 0.2) is 0 Å². The predicted octanol–water partition coefficient (Wildman–Crippen LogP) is 1.27. The average molecular weight is 317 g/mol. The molecule has 124 valence electrons. The van der Waals surface area contributed by atoms with Crippen LogP contribution >= 0.6 is 0 Å². The second kappa shape index (κ2) is 6.78. The van der Waals surface area contributed by atoms with Crippen molar-refractivity contribution in [1.82, 2.24) is 20.1 Å². The van der Waals surface area contributed by atoms with Gasteiger partial charge in [0.2, 0.25) is 0 Å². The molecule has 3 N–H and O–H groups in total. The Labute approximate surface area is 135 Å². The highest BCUT2D eigenvalue weighted by Crippen LogP contribution is 2.19. The number of rotatable bonds is 6. The molecule has 1 unspecified atom stereocenters. The van der Waals surface area contributed by atoms with Gasteiger partial charge >= 0.3 is 0 Å². The van der Waals surface area contributed by atoms with Gasteiger partial charge in [-0.15, -0.1) is 0 Å². The van der Waals surface area contributed by atoms with E-state index in [0.29, 0.717) is 16.9 Å². The van der Waals surface area contributed by atoms with Crippen LogP contribution in [0.5, 0.6) is 0 Å². The van der Waals surface area contributed by atoms with Crippen molar-refractivity contribution in [2.24, 2.45) is 7.05 Å². The number of nitrogens with zero attached hydrogens (tertiary/aromatic N) is 3. The maximum atomic E-state index is 12.4. The first-order valence-electron chi connectivity index (χ1n) is 7.51. The summed E-state index contributed by atoms with van der Waals surface area (Å²) in [6.45, 7) is 5.67. The van der Waals surface area contributed by atoms with Crippen LogP contribution in [0.3, 0.4) is 0 Å². The van der Waals surface area contributed by atoms with E-state index in [2.05, 4.69) is 20.7 Å². The molecule has 0 aromatic carbocycles. The predicted molar refractivity (Wildman–Crippen MR) is 88.1 cm³/mol. The fourth-order valence-electron chi connectivity index (χ4n) is 2.13. The molecule has 23 heavy (non-hydrogen) atoms. The van der Waals surface area contributed by atoms with Crippen LogP contribution in [0.1, 0.15) is 36.7 Å². The summed E-state index contributed by atoms with van der Waals surface area (Å²) < 4.78 is 1.61. The van der Waals surface area contributed by atoms with Crippen LogP contribution in [0, 0.1) is 0 Å². The lowest BCUT2D eigenvalue weighted by Crippen LogP contribution is -2.38. The van der Waals surface area contributed by atoms with Gasteiger partial charge in [-0.25, -0.2) is 4.98 Å². The van der Waals surface area contributed by atoms with E-state index >= 15 is 0 Å². The number of nitrogens with one attached hydrogen (secondary N) is 2. The maximum Gasteiger partial charge on any atom is 0.255 e. The van der Waals surface area contributed by atoms with Crippen molar-refractivity contribution in [3.63, 3.8) is 0 Å². The Hall–Kier alpha value is -2.41. The molecule has 0 aliphatic carbocycles. The van der Waals surface area contributed by atoms with Gasteiger partial charge in [-0.2, -0.15) is 5.10 Å². The van der Waals surface area contributed by atoms with E-state index in [-0.39, 0.29) is 18.5 Å². The van der Waals surface area contributed by atoms with Crippen LogP contribution in [0.25, 0.3) is 0 Å². The van der Waals surface area contributed by atoms with Crippen molar-refractivity contribution in [2.45, 2.75) is 32.4 Å². The van der Waals surface area contributed by atoms with E-state index < -0.39 is 5.60 Å². The largest absolute Gasteiger partial charge is 0.383 e. The first-order valence-corrected chi connectivity index (χ1v) is 7.51. The Bertz CT molecular complexity index is 679. The van der Waals surface area contributed by atoms with E-state index in [0.717, 1.165) is 0 Å². The minimum absolute atomic E-state index is 0.0769. The number of amides is 1. The van der Waals surface area contributed by atoms with Crippen molar-refractivity contribution >= 4 is 11.7 Å². The second-order valence-electron chi connectivity index (χ2n) is 6.06. The van der Waals surface area contributed by atoms with Gasteiger partial charge in [-0.1, -0.05) is 0 Å². The van der Waals surface area contributed by atoms with Crippen LogP contribution in [0.2, 0.25) is 0 Å². The van der Waals surface area contributed by atoms with Crippen LogP contribution in [0.4, 0.5) is 5.82 Å². The Kier molecular flexibility index (Phi) is 5.00. The fourth-order valence-corrected chi connectivity index (χ4v) is 2.13. The van der Waals surface area contributed by atoms with Gasteiger partial charge in [0.05, 0.1) is 18.3 Å². The quantitative estimate of drug-likeness (QED) is 0.746. The molecule has 2 rings (SSSR count). The molecule has 1 atom stereocenters. The highest BCUT2D eigenvalue weighted by atomic mass is 16.3. The average Bonchev–Trinajstić information content (AvgIpc) is 2.92. The second-order valence-corrected chi connectivity index (χ2v) is 6.06. The lowest BCUT2D eigenvalue weighted by atomic mass is 9.99. The smallest absolute Gasteiger partial charge is 0.255 e. The molecule has 0 aliphatic rings. The molecule has 0 radical (unpaired) electrons. The third-order valence-corrected chi connectivity index (χ3v) is 3.40. The number of carbonyl (C=O) groups is 1. The molecule has 7 heteroatoms. The normalized spacial score (nSPS) is 13.7. The Morgan fingerprint density at radius 1 is 1.48 bits per heavy atom. The van der Waals surface area contributed by atoms with Crippen molar-refractivity contribution < 1.29 is 9.90 Å². The molecular weight excluding hydrogens is 294 g/mol. The van der Waals surface area contributed by atoms with Gasteiger partial charge in [0.1, 0.15) is 11.4 Å². The highest BCUT2D eigenvalue weighted by molar-refractivity contribution is 5.98. The van der Waals surface area contributed by atoms with E-state index in [1.807, 2.05) is 13.8 Å². The fraction of sp³-hybridized carbons (Fsp3) is 0.438. The highest BCUT2D eigenvalue weighted by Gasteiger charge is 2.26. The van der Waals surface area contributed by atoms with E-state index in [9.17, 15) is 9.90 Å². The van der Waals surface area contributed by atoms with Crippen molar-refractivity contribution in [3.8, 4) is 0 Å². The molecule has 2 aromatic rings. The Balaban J connectivity index is 2.08. The molecule has 0 saturated heterocycles. The minimum Gasteiger partial charge on any atom is -0.383 e. The van der Waals surface area contributed by atoms with Crippen molar-refractivity contribution in [3.05, 3.63) is 41.9 Å². The van der Waals surface area contributed by atoms with Gasteiger partial charge in [0, 0.05) is 31.0 Å². The van der Waals surface area contributed by atoms with Gasteiger partial charge in [0.25, 0.3) is 5.91 Å². The number of aromatic nitrogens is 3. The molecular formula is C16H23N5O2. The molecule has 0 aliphatic heterocycles. The zero-order chi connectivity index (χ0) is 17.0. The molecule has 0 spiro atoms. The Morgan fingerprint density at radius 3 is 2.83 bits per heavy atom. The van der Waals surface area contributed by atoms with Crippen molar-refractivity contribution in [2.75, 3.05) is 11.9 Å². The third-order valence-electron chi connectivity index (χ3n) is 3.40. The standard InChI is InChI=1S/C16H23N5O2/c1-11(2)20-14-13(6-5-7-17-14)15(22)18-10-16(3,23)12-8-19-21(4)9-12/h5-9,11,23H,10H2,1-4H3,(H,17,20)(H,18,22). The summed E-state index contributed by atoms with van der Waals surface area (Å²) >= 11 is 0. The monoisotopic (exact) mass is 317 g/mol. The first-order chi connectivity index (χ1) is 10.8. The summed E-state index contributed by atoms with van der Waals surface area (Å²) in [5, 5.41) is 20.4. The molecule has 0 fully saturated rings. The van der Waals surface area contributed by atoms with Gasteiger partial charge in [-0.3, -0.25) is 9.48 Å². The van der Waals surface area contributed by atoms with Crippen molar-refractivity contribution in [1.29, 1.82) is 0 Å². The number of aliphatic hydroxyl groups is 1. The number of pyridine rings is 1. The van der Waals surface area contributed by atoms with Crippen LogP contribution in [0.15, 0.2) is 30.7 Å². The van der Waals surface area contributed by atoms with E-state index in [1.165, 1.54) is 0 Å². The summed E-state index contributed by atoms with van der Waals surface area (Å²) in [7, 11) is 1.78. The van der Waals surface area contributed by atoms with Crippen LogP contribution < -0.4 is 10.6 Å². The number of aryl methyl sites for hydroxylation is 1. The summed E-state index contributed by atoms with van der Waals surface area (Å²) in [4.78, 5) is 16.6. The number of anilines is 1. The van der Waals surface area contributed by atoms with Crippen LogP contribution in [-0.2, 0) is 12.6 Å². The zero-order valence-electron chi connectivity index (χ0n) is 13.9. The lowest BCUT2D eigenvalue weighted by molar-refractivity contribution is 0.0526. The third kappa shape index (κ3) is 4.29. The number of hydrogen-bond donors (Lipinski definition) is 3. The summed E-state index contributed by atoms with van der Waals surface area (Å²) in [5.41, 5.74) is -0.104. The summed E-state index contributed by atoms with van der Waals surface area (Å²) in [6, 6.07) is 3.57. The maximum absolute atomic E-state index is 12.4. The molecule has 2 heterocycles. The van der Waals surface area contributed by atoms with Gasteiger partial charge in [-0.05, 0) is 32.9 Å². The summed E-state index contributed by atoms with van der Waals surface area (Å²) in [6.07, 6.45) is 4.94.